The molecule has 0 atom stereocenters. The lowest BCUT2D eigenvalue weighted by Crippen LogP contribution is -2.05. The summed E-state index contributed by atoms with van der Waals surface area (Å²) >= 11 is 6.19. The predicted octanol–water partition coefficient (Wildman–Crippen LogP) is 4.23. The number of aryl methyl sites for hydroxylation is 1. The lowest BCUT2D eigenvalue weighted by Gasteiger charge is -2.09. The second kappa shape index (κ2) is 5.40. The van der Waals surface area contributed by atoms with Crippen LogP contribution in [0.4, 0.5) is 0 Å². The lowest BCUT2D eigenvalue weighted by molar-refractivity contribution is 0.0526. The average Bonchev–Trinajstić information content (AvgIpc) is 2.38. The van der Waals surface area contributed by atoms with Gasteiger partial charge in [0.15, 0.2) is 0 Å². The average molecular weight is 263 g/mol. The summed E-state index contributed by atoms with van der Waals surface area (Å²) < 4.78 is 5.03. The maximum atomic E-state index is 11.8. The Balaban J connectivity index is 2.64. The van der Waals surface area contributed by atoms with E-state index in [1.165, 1.54) is 0 Å². The van der Waals surface area contributed by atoms with Crippen molar-refractivity contribution in [2.24, 2.45) is 0 Å². The van der Waals surface area contributed by atoms with E-state index in [1.807, 2.05) is 24.3 Å². The Labute approximate surface area is 112 Å². The van der Waals surface area contributed by atoms with E-state index in [4.69, 9.17) is 16.3 Å². The third-order valence-corrected chi connectivity index (χ3v) is 3.25. The van der Waals surface area contributed by atoms with Gasteiger partial charge in [-0.15, -0.1) is 0 Å². The largest absolute Gasteiger partial charge is 0.462 e. The Hall–Kier alpha value is -1.54. The quantitative estimate of drug-likeness (QED) is 0.774. The van der Waals surface area contributed by atoms with Gasteiger partial charge in [-0.3, -0.25) is 0 Å². The van der Waals surface area contributed by atoms with Crippen molar-refractivity contribution in [3.05, 3.63) is 46.5 Å². The molecule has 0 saturated carbocycles. The molecule has 0 amide bonds. The van der Waals surface area contributed by atoms with Crippen molar-refractivity contribution in [3.8, 4) is 0 Å². The molecule has 0 aromatic heterocycles. The van der Waals surface area contributed by atoms with Crippen molar-refractivity contribution in [2.75, 3.05) is 6.61 Å². The SMILES string of the molecule is CCOC(=O)c1cc(CC)c2cccc(Cl)c2c1. The molecule has 0 aliphatic rings. The van der Waals surface area contributed by atoms with Crippen LogP contribution in [0.15, 0.2) is 30.3 Å². The molecular weight excluding hydrogens is 248 g/mol. The summed E-state index contributed by atoms with van der Waals surface area (Å²) in [6.45, 7) is 4.23. The normalized spacial score (nSPS) is 10.6. The molecule has 0 fully saturated rings. The first-order chi connectivity index (χ1) is 8.67. The van der Waals surface area contributed by atoms with E-state index in [1.54, 1.807) is 13.0 Å². The maximum Gasteiger partial charge on any atom is 0.338 e. The van der Waals surface area contributed by atoms with E-state index in [0.717, 1.165) is 22.8 Å². The molecule has 2 nitrogen and oxygen atoms in total. The number of ether oxygens (including phenoxy) is 1. The van der Waals surface area contributed by atoms with E-state index < -0.39 is 0 Å². The summed E-state index contributed by atoms with van der Waals surface area (Å²) in [5.41, 5.74) is 1.67. The van der Waals surface area contributed by atoms with Crippen molar-refractivity contribution in [3.63, 3.8) is 0 Å². The summed E-state index contributed by atoms with van der Waals surface area (Å²) in [7, 11) is 0. The van der Waals surface area contributed by atoms with Crippen LogP contribution in [0.5, 0.6) is 0 Å². The Bertz CT molecular complexity index is 590. The Morgan fingerprint density at radius 2 is 2.00 bits per heavy atom. The van der Waals surface area contributed by atoms with Crippen LogP contribution < -0.4 is 0 Å². The van der Waals surface area contributed by atoms with Gasteiger partial charge in [0.05, 0.1) is 12.2 Å². The monoisotopic (exact) mass is 262 g/mol. The van der Waals surface area contributed by atoms with Gasteiger partial charge in [0.2, 0.25) is 0 Å². The number of benzene rings is 2. The summed E-state index contributed by atoms with van der Waals surface area (Å²) in [5, 5.41) is 2.66. The van der Waals surface area contributed by atoms with Gasteiger partial charge in [-0.05, 0) is 42.5 Å². The predicted molar refractivity (Wildman–Crippen MR) is 74.3 cm³/mol. The molecule has 0 N–H and O–H groups in total. The molecule has 0 heterocycles. The highest BCUT2D eigenvalue weighted by atomic mass is 35.5. The molecule has 18 heavy (non-hydrogen) atoms. The van der Waals surface area contributed by atoms with Crippen LogP contribution in [-0.4, -0.2) is 12.6 Å². The molecule has 94 valence electrons. The molecule has 2 aromatic carbocycles. The number of rotatable bonds is 3. The van der Waals surface area contributed by atoms with Gasteiger partial charge in [0, 0.05) is 10.4 Å². The molecule has 0 radical (unpaired) electrons. The number of hydrogen-bond donors (Lipinski definition) is 0. The lowest BCUT2D eigenvalue weighted by atomic mass is 9.99. The minimum atomic E-state index is -0.297. The number of esters is 1. The van der Waals surface area contributed by atoms with E-state index in [-0.39, 0.29) is 5.97 Å². The number of carbonyl (C=O) groups is 1. The molecule has 0 unspecified atom stereocenters. The van der Waals surface area contributed by atoms with Crippen molar-refractivity contribution in [1.82, 2.24) is 0 Å². The van der Waals surface area contributed by atoms with Crippen LogP contribution in [-0.2, 0) is 11.2 Å². The summed E-state index contributed by atoms with van der Waals surface area (Å²) in [6, 6.07) is 9.46. The zero-order chi connectivity index (χ0) is 13.1. The van der Waals surface area contributed by atoms with Crippen molar-refractivity contribution in [1.29, 1.82) is 0 Å². The number of hydrogen-bond acceptors (Lipinski definition) is 2. The second-order valence-electron chi connectivity index (χ2n) is 4.04. The third kappa shape index (κ3) is 2.34. The fourth-order valence-electron chi connectivity index (χ4n) is 2.05. The van der Waals surface area contributed by atoms with Crippen LogP contribution in [0.3, 0.4) is 0 Å². The molecule has 3 heteroatoms. The van der Waals surface area contributed by atoms with Crippen molar-refractivity contribution >= 4 is 28.3 Å². The smallest absolute Gasteiger partial charge is 0.338 e. The van der Waals surface area contributed by atoms with Crippen molar-refractivity contribution in [2.45, 2.75) is 20.3 Å². The van der Waals surface area contributed by atoms with E-state index in [0.29, 0.717) is 17.2 Å². The summed E-state index contributed by atoms with van der Waals surface area (Å²) in [6.07, 6.45) is 0.851. The minimum Gasteiger partial charge on any atom is -0.462 e. The third-order valence-electron chi connectivity index (χ3n) is 2.92. The number of carbonyl (C=O) groups excluding carboxylic acids is 1. The molecule has 0 bridgehead atoms. The van der Waals surface area contributed by atoms with Crippen LogP contribution in [0.2, 0.25) is 5.02 Å². The highest BCUT2D eigenvalue weighted by Gasteiger charge is 2.11. The Morgan fingerprint density at radius 1 is 1.22 bits per heavy atom. The molecule has 2 aromatic rings. The number of halogens is 1. The zero-order valence-corrected chi connectivity index (χ0v) is 11.3. The van der Waals surface area contributed by atoms with Crippen LogP contribution in [0.1, 0.15) is 29.8 Å². The summed E-state index contributed by atoms with van der Waals surface area (Å²) in [4.78, 5) is 11.8. The Morgan fingerprint density at radius 3 is 2.67 bits per heavy atom. The molecule has 0 spiro atoms. The zero-order valence-electron chi connectivity index (χ0n) is 10.5. The van der Waals surface area contributed by atoms with Gasteiger partial charge in [-0.25, -0.2) is 4.79 Å². The van der Waals surface area contributed by atoms with Gasteiger partial charge in [0.1, 0.15) is 0 Å². The topological polar surface area (TPSA) is 26.3 Å². The molecule has 0 aliphatic carbocycles. The fourth-order valence-corrected chi connectivity index (χ4v) is 2.28. The second-order valence-corrected chi connectivity index (χ2v) is 4.45. The first-order valence-corrected chi connectivity index (χ1v) is 6.43. The van der Waals surface area contributed by atoms with E-state index in [2.05, 4.69) is 6.92 Å². The highest BCUT2D eigenvalue weighted by molar-refractivity contribution is 6.35. The van der Waals surface area contributed by atoms with Crippen molar-refractivity contribution < 1.29 is 9.53 Å². The number of fused-ring (bicyclic) bond motifs is 1. The summed E-state index contributed by atoms with van der Waals surface area (Å²) in [5.74, 6) is -0.297. The van der Waals surface area contributed by atoms with Crippen LogP contribution >= 0.6 is 11.6 Å². The van der Waals surface area contributed by atoms with E-state index >= 15 is 0 Å². The van der Waals surface area contributed by atoms with E-state index in [9.17, 15) is 4.79 Å². The molecule has 2 rings (SSSR count). The molecular formula is C15H15ClO2. The van der Waals surface area contributed by atoms with Gasteiger partial charge < -0.3 is 4.74 Å². The molecule has 0 aliphatic heterocycles. The standard InChI is InChI=1S/C15H15ClO2/c1-3-10-8-11(15(17)18-4-2)9-13-12(10)6-5-7-14(13)16/h5-9H,3-4H2,1-2H3. The Kier molecular flexibility index (Phi) is 3.87. The van der Waals surface area contributed by atoms with Crippen LogP contribution in [0, 0.1) is 0 Å². The van der Waals surface area contributed by atoms with Gasteiger partial charge >= 0.3 is 5.97 Å². The minimum absolute atomic E-state index is 0.297. The fraction of sp³-hybridized carbons (Fsp3) is 0.267. The molecule has 0 saturated heterocycles. The van der Waals surface area contributed by atoms with Gasteiger partial charge in [-0.2, -0.15) is 0 Å². The first kappa shape index (κ1) is 12.9. The first-order valence-electron chi connectivity index (χ1n) is 6.05. The van der Waals surface area contributed by atoms with Gasteiger partial charge in [0.25, 0.3) is 0 Å². The van der Waals surface area contributed by atoms with Crippen LogP contribution in [0.25, 0.3) is 10.8 Å². The highest BCUT2D eigenvalue weighted by Crippen LogP contribution is 2.28. The van der Waals surface area contributed by atoms with Gasteiger partial charge in [-0.1, -0.05) is 30.7 Å². The maximum absolute atomic E-state index is 11.8.